The maximum Gasteiger partial charge on any atom is 0.342 e. The van der Waals surface area contributed by atoms with Gasteiger partial charge in [-0.15, -0.1) is 11.8 Å². The number of hydrogen-bond donors (Lipinski definition) is 7. The normalized spacial score (nSPS) is 30.3. The van der Waals surface area contributed by atoms with Crippen LogP contribution in [0.2, 0.25) is 0 Å². The maximum absolute atomic E-state index is 13.2. The molecular weight excluding hydrogens is 674 g/mol. The minimum atomic E-state index is -1.57. The number of amides is 2. The van der Waals surface area contributed by atoms with Crippen LogP contribution in [0.1, 0.15) is 54.9 Å². The molecule has 0 spiro atoms. The number of nitrogens with one attached hydrogen (secondary N) is 1. The first-order valence-corrected chi connectivity index (χ1v) is 17.7. The number of nitrogens with zero attached hydrogens (tertiary/aromatic N) is 2. The van der Waals surface area contributed by atoms with Crippen molar-refractivity contribution in [1.29, 1.82) is 0 Å². The minimum absolute atomic E-state index is 0.0832. The van der Waals surface area contributed by atoms with Crippen molar-refractivity contribution in [3.63, 3.8) is 0 Å². The Labute approximate surface area is 294 Å². The topological polar surface area (TPSA) is 228 Å². The molecule has 4 rings (SSSR count). The fraction of sp³-hybridized carbons (Fsp3) is 0.588. The minimum Gasteiger partial charge on any atom is -0.508 e. The highest BCUT2D eigenvalue weighted by atomic mass is 32.2. The molecule has 7 atom stereocenters. The van der Waals surface area contributed by atoms with Crippen molar-refractivity contribution in [2.75, 3.05) is 38.7 Å². The van der Waals surface area contributed by atoms with E-state index in [1.54, 1.807) is 36.1 Å². The van der Waals surface area contributed by atoms with Gasteiger partial charge in [0.05, 0.1) is 36.8 Å². The number of hydrogen-bond acceptors (Lipinski definition) is 14. The molecule has 3 aliphatic heterocycles. The number of esters is 1. The predicted octanol–water partition coefficient (Wildman–Crippen LogP) is 0.742. The summed E-state index contributed by atoms with van der Waals surface area (Å²) in [6, 6.07) is 1.81. The number of likely N-dealkylation sites (tertiary alicyclic amines) is 1. The van der Waals surface area contributed by atoms with Crippen LogP contribution in [0.3, 0.4) is 0 Å². The molecule has 0 saturated carbocycles. The molecule has 0 bridgehead atoms. The Kier molecular flexibility index (Phi) is 14.9. The number of ether oxygens (including phenoxy) is 2. The summed E-state index contributed by atoms with van der Waals surface area (Å²) in [6.07, 6.45) is 5.08. The third kappa shape index (κ3) is 11.2. The molecule has 7 N–H and O–H groups in total. The average molecular weight is 722 g/mol. The Hall–Kier alpha value is -3.67. The highest BCUT2D eigenvalue weighted by molar-refractivity contribution is 8.00. The number of rotatable bonds is 8. The molecule has 1 aromatic carbocycles. The Morgan fingerprint density at radius 1 is 1.06 bits per heavy atom. The van der Waals surface area contributed by atoms with Crippen LogP contribution in [0, 0.1) is 5.92 Å². The summed E-state index contributed by atoms with van der Waals surface area (Å²) in [6.45, 7) is 2.09. The number of oxime groups is 1. The van der Waals surface area contributed by atoms with E-state index in [4.69, 9.17) is 14.3 Å². The van der Waals surface area contributed by atoms with Crippen LogP contribution in [-0.2, 0) is 30.3 Å². The first-order valence-electron chi connectivity index (χ1n) is 16.7. The number of carbonyl (C=O) groups excluding carboxylic acids is 3. The molecule has 0 radical (unpaired) electrons. The number of phenolic OH excluding ortho intramolecular Hbond substituents is 2. The fourth-order valence-corrected chi connectivity index (χ4v) is 6.73. The van der Waals surface area contributed by atoms with Gasteiger partial charge in [0.2, 0.25) is 5.91 Å². The van der Waals surface area contributed by atoms with Crippen molar-refractivity contribution in [3.05, 3.63) is 47.6 Å². The van der Waals surface area contributed by atoms with Crippen LogP contribution < -0.4 is 5.32 Å². The Morgan fingerprint density at radius 2 is 1.82 bits per heavy atom. The monoisotopic (exact) mass is 721 g/mol. The molecule has 3 unspecified atom stereocenters. The molecule has 3 heterocycles. The molecule has 0 aliphatic carbocycles. The first kappa shape index (κ1) is 39.1. The van der Waals surface area contributed by atoms with Gasteiger partial charge in [0.15, 0.2) is 6.61 Å². The number of aliphatic hydroxyl groups is 4. The van der Waals surface area contributed by atoms with Gasteiger partial charge in [0, 0.05) is 37.9 Å². The van der Waals surface area contributed by atoms with E-state index in [1.165, 1.54) is 6.07 Å². The number of thioether (sulfide) groups is 1. The summed E-state index contributed by atoms with van der Waals surface area (Å²) in [5.74, 6) is -3.14. The number of phenols is 2. The molecule has 276 valence electrons. The smallest absolute Gasteiger partial charge is 0.342 e. The van der Waals surface area contributed by atoms with Gasteiger partial charge in [-0.3, -0.25) is 9.59 Å². The standard InChI is InChI=1S/C34H47N3O12S/c1-20-7-5-8-23(35-27(41)19-50-34-32(45)31(44)30(43)22(16-38)17-47-34)9-6-10-24(36-48-18-28(42)37-11-3-2-4-12-37)13-21-14-25(39)15-26(40)29(21)33(46)49-20/h5-6,8,10,14-15,20,22-23,30-32,34,38-40,43-45H,2-4,7,9,11-13,16-19H2,1H3,(H,35,41)/b8-5+,10-6+,36-24-/t20-,22?,23-,30-,31?,32?,34+/m1/s1. The van der Waals surface area contributed by atoms with E-state index in [9.17, 15) is 45.0 Å². The third-order valence-electron chi connectivity index (χ3n) is 8.58. The zero-order valence-corrected chi connectivity index (χ0v) is 28.7. The van der Waals surface area contributed by atoms with E-state index < -0.39 is 66.0 Å². The average Bonchev–Trinajstić information content (AvgIpc) is 3.17. The number of fused-ring (bicyclic) bond motifs is 1. The molecule has 3 aliphatic rings. The summed E-state index contributed by atoms with van der Waals surface area (Å²) in [4.78, 5) is 46.0. The summed E-state index contributed by atoms with van der Waals surface area (Å²) < 4.78 is 11.2. The molecule has 2 fully saturated rings. The summed E-state index contributed by atoms with van der Waals surface area (Å²) in [5, 5.41) is 68.2. The molecule has 2 saturated heterocycles. The van der Waals surface area contributed by atoms with Crippen molar-refractivity contribution in [2.45, 2.75) is 81.3 Å². The quantitative estimate of drug-likeness (QED) is 0.112. The molecule has 15 nitrogen and oxygen atoms in total. The van der Waals surface area contributed by atoms with Gasteiger partial charge in [-0.05, 0) is 50.3 Å². The number of allylic oxidation sites excluding steroid dienone is 1. The van der Waals surface area contributed by atoms with Crippen molar-refractivity contribution >= 4 is 35.3 Å². The second kappa shape index (κ2) is 19.1. The van der Waals surface area contributed by atoms with Gasteiger partial charge in [0.1, 0.15) is 40.8 Å². The molecule has 1 aromatic rings. The zero-order chi connectivity index (χ0) is 36.2. The van der Waals surface area contributed by atoms with Crippen LogP contribution in [0.5, 0.6) is 11.5 Å². The van der Waals surface area contributed by atoms with Gasteiger partial charge in [-0.1, -0.05) is 23.4 Å². The predicted molar refractivity (Wildman–Crippen MR) is 182 cm³/mol. The number of cyclic esters (lactones) is 1. The molecule has 2 amide bonds. The molecule has 16 heteroatoms. The summed E-state index contributed by atoms with van der Waals surface area (Å²) in [5.41, 5.74) is -0.694. The van der Waals surface area contributed by atoms with Crippen LogP contribution in [0.4, 0.5) is 0 Å². The highest BCUT2D eigenvalue weighted by Gasteiger charge is 2.40. The Balaban J connectivity index is 1.49. The third-order valence-corrected chi connectivity index (χ3v) is 9.75. The van der Waals surface area contributed by atoms with Crippen LogP contribution in [-0.4, -0.2) is 134 Å². The fourth-order valence-electron chi connectivity index (χ4n) is 5.80. The van der Waals surface area contributed by atoms with E-state index in [0.717, 1.165) is 37.1 Å². The highest BCUT2D eigenvalue weighted by Crippen LogP contribution is 2.30. The van der Waals surface area contributed by atoms with Gasteiger partial charge in [-0.2, -0.15) is 0 Å². The largest absolute Gasteiger partial charge is 0.508 e. The Bertz CT molecular complexity index is 1420. The molecule has 50 heavy (non-hydrogen) atoms. The lowest BCUT2D eigenvalue weighted by molar-refractivity contribution is -0.137. The lowest BCUT2D eigenvalue weighted by Crippen LogP contribution is -2.44. The first-order chi connectivity index (χ1) is 24.0. The number of piperidine rings is 1. The second-order valence-electron chi connectivity index (χ2n) is 12.6. The Morgan fingerprint density at radius 3 is 2.56 bits per heavy atom. The summed E-state index contributed by atoms with van der Waals surface area (Å²) >= 11 is 0.936. The van der Waals surface area contributed by atoms with Gasteiger partial charge in [-0.25, -0.2) is 4.79 Å². The van der Waals surface area contributed by atoms with E-state index >= 15 is 0 Å². The lowest BCUT2D eigenvalue weighted by atomic mass is 9.98. The molecular formula is C34H47N3O12S. The SMILES string of the molecule is C[C@@H]1C/C=C/[C@@H](NC(=O)CS[C@@H]2OCC(CO)[C@@H](O)C(O)C2O)C/C=C/C(=N/OCC(=O)N2CCCCC2)Cc2cc(O)cc(O)c2C(=O)O1. The lowest BCUT2D eigenvalue weighted by Gasteiger charge is -2.26. The number of carbonyl (C=O) groups is 3. The van der Waals surface area contributed by atoms with Crippen LogP contribution in [0.15, 0.2) is 41.6 Å². The zero-order valence-electron chi connectivity index (χ0n) is 27.9. The van der Waals surface area contributed by atoms with Crippen LogP contribution >= 0.6 is 11.8 Å². The van der Waals surface area contributed by atoms with Crippen LogP contribution in [0.25, 0.3) is 0 Å². The van der Waals surface area contributed by atoms with E-state index in [0.29, 0.717) is 13.1 Å². The number of benzene rings is 1. The number of aromatic hydroxyl groups is 2. The van der Waals surface area contributed by atoms with E-state index in [1.807, 2.05) is 0 Å². The van der Waals surface area contributed by atoms with Gasteiger partial charge >= 0.3 is 5.97 Å². The van der Waals surface area contributed by atoms with Crippen molar-refractivity contribution in [1.82, 2.24) is 10.2 Å². The second-order valence-corrected chi connectivity index (χ2v) is 13.7. The molecule has 0 aromatic heterocycles. The van der Waals surface area contributed by atoms with Crippen molar-refractivity contribution < 1.29 is 59.3 Å². The van der Waals surface area contributed by atoms with Gasteiger partial charge in [0.25, 0.3) is 5.91 Å². The van der Waals surface area contributed by atoms with Crippen molar-refractivity contribution in [3.8, 4) is 11.5 Å². The summed E-state index contributed by atoms with van der Waals surface area (Å²) in [7, 11) is 0. The van der Waals surface area contributed by atoms with E-state index in [-0.39, 0.29) is 66.7 Å². The maximum atomic E-state index is 13.2. The van der Waals surface area contributed by atoms with Crippen molar-refractivity contribution in [2.24, 2.45) is 11.1 Å². The van der Waals surface area contributed by atoms with Gasteiger partial charge < -0.3 is 55.2 Å². The number of aliphatic hydroxyl groups excluding tert-OH is 4. The van der Waals surface area contributed by atoms with E-state index in [2.05, 4.69) is 10.5 Å².